The van der Waals surface area contributed by atoms with E-state index >= 15 is 0 Å². The molecule has 0 atom stereocenters. The molecular formula is C20H19N5O2S. The number of benzene rings is 1. The molecule has 3 heterocycles. The predicted octanol–water partition coefficient (Wildman–Crippen LogP) is 4.45. The zero-order valence-corrected chi connectivity index (χ0v) is 16.2. The lowest BCUT2D eigenvalue weighted by molar-refractivity contribution is 0.391. The molecule has 0 radical (unpaired) electrons. The second-order valence-electron chi connectivity index (χ2n) is 6.95. The molecule has 1 aromatic carbocycles. The normalized spacial score (nSPS) is 13.9. The lowest BCUT2D eigenvalue weighted by atomic mass is 10.1. The molecule has 0 spiro atoms. The van der Waals surface area contributed by atoms with Crippen LogP contribution >= 0.6 is 11.8 Å². The number of nitrogens with zero attached hydrogens (tertiary/aromatic N) is 5. The summed E-state index contributed by atoms with van der Waals surface area (Å²) in [7, 11) is 0. The van der Waals surface area contributed by atoms with Crippen molar-refractivity contribution in [1.82, 2.24) is 24.9 Å². The van der Waals surface area contributed by atoms with Gasteiger partial charge in [0.05, 0.1) is 18.6 Å². The van der Waals surface area contributed by atoms with Crippen LogP contribution in [0.3, 0.4) is 0 Å². The third-order valence-corrected chi connectivity index (χ3v) is 5.64. The highest BCUT2D eigenvalue weighted by Gasteiger charge is 2.30. The van der Waals surface area contributed by atoms with Crippen molar-refractivity contribution in [2.24, 2.45) is 0 Å². The Balaban J connectivity index is 1.32. The van der Waals surface area contributed by atoms with Gasteiger partial charge < -0.3 is 8.94 Å². The number of furan rings is 1. The number of hydrogen-bond donors (Lipinski definition) is 0. The molecule has 8 heteroatoms. The van der Waals surface area contributed by atoms with E-state index in [4.69, 9.17) is 8.94 Å². The Morgan fingerprint density at radius 3 is 2.75 bits per heavy atom. The minimum atomic E-state index is 0.508. The first-order valence-electron chi connectivity index (χ1n) is 9.24. The van der Waals surface area contributed by atoms with Crippen molar-refractivity contribution in [3.8, 4) is 11.4 Å². The molecule has 28 heavy (non-hydrogen) atoms. The van der Waals surface area contributed by atoms with Gasteiger partial charge in [-0.05, 0) is 31.9 Å². The molecule has 0 unspecified atom stereocenters. The number of rotatable bonds is 7. The van der Waals surface area contributed by atoms with Gasteiger partial charge in [0.2, 0.25) is 11.7 Å². The van der Waals surface area contributed by atoms with E-state index < -0.39 is 0 Å². The summed E-state index contributed by atoms with van der Waals surface area (Å²) in [6.07, 6.45) is 4.03. The van der Waals surface area contributed by atoms with Crippen LogP contribution < -0.4 is 0 Å². The molecule has 1 aliphatic carbocycles. The fourth-order valence-corrected chi connectivity index (χ4v) is 3.80. The second-order valence-corrected chi connectivity index (χ2v) is 7.89. The van der Waals surface area contributed by atoms with E-state index in [-0.39, 0.29) is 0 Å². The molecule has 3 aromatic heterocycles. The van der Waals surface area contributed by atoms with Crippen LogP contribution in [0.1, 0.15) is 41.8 Å². The van der Waals surface area contributed by atoms with Gasteiger partial charge in [0, 0.05) is 11.5 Å². The van der Waals surface area contributed by atoms with Gasteiger partial charge in [0.25, 0.3) is 0 Å². The van der Waals surface area contributed by atoms with E-state index in [1.165, 1.54) is 18.4 Å². The summed E-state index contributed by atoms with van der Waals surface area (Å²) < 4.78 is 13.1. The zero-order chi connectivity index (χ0) is 18.9. The average molecular weight is 393 g/mol. The van der Waals surface area contributed by atoms with Crippen molar-refractivity contribution in [3.63, 3.8) is 0 Å². The number of thioether (sulfide) groups is 1. The van der Waals surface area contributed by atoms with E-state index in [1.807, 2.05) is 36.4 Å². The van der Waals surface area contributed by atoms with Gasteiger partial charge in [-0.3, -0.25) is 4.57 Å². The fraction of sp³-hybridized carbons (Fsp3) is 0.300. The summed E-state index contributed by atoms with van der Waals surface area (Å²) in [5.74, 6) is 4.15. The molecular weight excluding hydrogens is 374 g/mol. The summed E-state index contributed by atoms with van der Waals surface area (Å²) >= 11 is 1.55. The average Bonchev–Trinajstić information content (AvgIpc) is 3.10. The SMILES string of the molecule is Cc1ccc(-c2noc(CSc3nnc(C4CC4)n3Cc3ccco3)n2)cc1. The lowest BCUT2D eigenvalue weighted by Crippen LogP contribution is -2.05. The molecule has 0 N–H and O–H groups in total. The Kier molecular flexibility index (Phi) is 4.48. The number of aryl methyl sites for hydroxylation is 1. The van der Waals surface area contributed by atoms with E-state index in [0.29, 0.717) is 29.9 Å². The summed E-state index contributed by atoms with van der Waals surface area (Å²) in [4.78, 5) is 4.51. The Hall–Kier alpha value is -2.87. The molecule has 0 bridgehead atoms. The maximum Gasteiger partial charge on any atom is 0.237 e. The van der Waals surface area contributed by atoms with Crippen molar-refractivity contribution in [2.75, 3.05) is 0 Å². The highest BCUT2D eigenvalue weighted by atomic mass is 32.2. The summed E-state index contributed by atoms with van der Waals surface area (Å²) in [6.45, 7) is 2.68. The van der Waals surface area contributed by atoms with Gasteiger partial charge >= 0.3 is 0 Å². The van der Waals surface area contributed by atoms with Crippen molar-refractivity contribution in [3.05, 3.63) is 65.7 Å². The molecule has 142 valence electrons. The van der Waals surface area contributed by atoms with Crippen LogP contribution in [0.5, 0.6) is 0 Å². The van der Waals surface area contributed by atoms with Gasteiger partial charge in [0.1, 0.15) is 11.6 Å². The largest absolute Gasteiger partial charge is 0.467 e. The summed E-state index contributed by atoms with van der Waals surface area (Å²) in [5.41, 5.74) is 2.15. The molecule has 0 amide bonds. The van der Waals surface area contributed by atoms with Crippen LogP contribution in [0.25, 0.3) is 11.4 Å². The molecule has 1 aliphatic rings. The first-order valence-corrected chi connectivity index (χ1v) is 10.2. The highest BCUT2D eigenvalue weighted by molar-refractivity contribution is 7.98. The van der Waals surface area contributed by atoms with Gasteiger partial charge in [-0.15, -0.1) is 10.2 Å². The van der Waals surface area contributed by atoms with Gasteiger partial charge in [0.15, 0.2) is 5.16 Å². The number of aromatic nitrogens is 5. The van der Waals surface area contributed by atoms with E-state index in [1.54, 1.807) is 18.0 Å². The van der Waals surface area contributed by atoms with Crippen LogP contribution in [-0.2, 0) is 12.3 Å². The maximum absolute atomic E-state index is 5.51. The number of hydrogen-bond acceptors (Lipinski definition) is 7. The smallest absolute Gasteiger partial charge is 0.237 e. The first-order chi connectivity index (χ1) is 13.8. The topological polar surface area (TPSA) is 82.8 Å². The van der Waals surface area contributed by atoms with Crippen molar-refractivity contribution in [2.45, 2.75) is 43.1 Å². The van der Waals surface area contributed by atoms with Crippen molar-refractivity contribution >= 4 is 11.8 Å². The second kappa shape index (κ2) is 7.27. The fourth-order valence-electron chi connectivity index (χ4n) is 3.02. The Bertz CT molecular complexity index is 1060. The molecule has 5 rings (SSSR count). The molecule has 1 saturated carbocycles. The summed E-state index contributed by atoms with van der Waals surface area (Å²) in [6, 6.07) is 11.9. The van der Waals surface area contributed by atoms with Crippen LogP contribution in [0.4, 0.5) is 0 Å². The molecule has 4 aromatic rings. The standard InChI is InChI=1S/C20H19N5O2S/c1-13-4-6-14(7-5-13)18-21-17(27-24-18)12-28-20-23-22-19(15-8-9-15)25(20)11-16-3-2-10-26-16/h2-7,10,15H,8-9,11-12H2,1H3. The highest BCUT2D eigenvalue weighted by Crippen LogP contribution is 2.40. The Labute approximate surface area is 166 Å². The third kappa shape index (κ3) is 3.60. The summed E-state index contributed by atoms with van der Waals surface area (Å²) in [5, 5.41) is 13.7. The zero-order valence-electron chi connectivity index (χ0n) is 15.4. The Morgan fingerprint density at radius 2 is 2.00 bits per heavy atom. The lowest BCUT2D eigenvalue weighted by Gasteiger charge is -2.07. The van der Waals surface area contributed by atoms with Crippen LogP contribution in [-0.4, -0.2) is 24.9 Å². The van der Waals surface area contributed by atoms with E-state index in [9.17, 15) is 0 Å². The quantitative estimate of drug-likeness (QED) is 0.429. The molecule has 7 nitrogen and oxygen atoms in total. The maximum atomic E-state index is 5.51. The third-order valence-electron chi connectivity index (χ3n) is 4.68. The molecule has 0 aliphatic heterocycles. The monoisotopic (exact) mass is 393 g/mol. The van der Waals surface area contributed by atoms with Crippen LogP contribution in [0.2, 0.25) is 0 Å². The van der Waals surface area contributed by atoms with Gasteiger partial charge in [-0.25, -0.2) is 0 Å². The van der Waals surface area contributed by atoms with Crippen LogP contribution in [0.15, 0.2) is 56.8 Å². The van der Waals surface area contributed by atoms with Crippen LogP contribution in [0, 0.1) is 6.92 Å². The van der Waals surface area contributed by atoms with Crippen molar-refractivity contribution < 1.29 is 8.94 Å². The molecule has 1 fully saturated rings. The van der Waals surface area contributed by atoms with Crippen molar-refractivity contribution in [1.29, 1.82) is 0 Å². The predicted molar refractivity (Wildman–Crippen MR) is 104 cm³/mol. The van der Waals surface area contributed by atoms with E-state index in [2.05, 4.69) is 31.8 Å². The minimum absolute atomic E-state index is 0.508. The minimum Gasteiger partial charge on any atom is -0.467 e. The first kappa shape index (κ1) is 17.2. The Morgan fingerprint density at radius 1 is 1.14 bits per heavy atom. The van der Waals surface area contributed by atoms with Gasteiger partial charge in [-0.1, -0.05) is 46.7 Å². The molecule has 0 saturated heterocycles. The van der Waals surface area contributed by atoms with Gasteiger partial charge in [-0.2, -0.15) is 4.98 Å². The van der Waals surface area contributed by atoms with E-state index in [0.717, 1.165) is 22.3 Å².